The first-order valence-electron chi connectivity index (χ1n) is 3.28. The summed E-state index contributed by atoms with van der Waals surface area (Å²) in [5, 5.41) is 17.3. The number of aliphatic hydroxyl groups is 1. The Morgan fingerprint density at radius 3 is 2.50 bits per heavy atom. The monoisotopic (exact) mass is 170 g/mol. The second-order valence-corrected chi connectivity index (χ2v) is 2.26. The second kappa shape index (κ2) is 3.32. The van der Waals surface area contributed by atoms with E-state index < -0.39 is 17.9 Å². The summed E-state index contributed by atoms with van der Waals surface area (Å²) < 4.78 is 12.8. The molecule has 0 saturated carbocycles. The highest BCUT2D eigenvalue weighted by molar-refractivity contribution is 5.74. The summed E-state index contributed by atoms with van der Waals surface area (Å²) in [6.45, 7) is 0. The minimum Gasteiger partial charge on any atom is -0.479 e. The quantitative estimate of drug-likeness (QED) is 0.694. The Labute approximate surface area is 68.1 Å². The average molecular weight is 170 g/mol. The number of hydrogen-bond acceptors (Lipinski definition) is 2. The van der Waals surface area contributed by atoms with Gasteiger partial charge in [-0.1, -0.05) is 18.2 Å². The molecule has 1 rings (SSSR count). The first-order valence-corrected chi connectivity index (χ1v) is 3.28. The van der Waals surface area contributed by atoms with E-state index in [1.807, 2.05) is 0 Å². The van der Waals surface area contributed by atoms with Gasteiger partial charge >= 0.3 is 5.97 Å². The van der Waals surface area contributed by atoms with Crippen LogP contribution in [-0.4, -0.2) is 16.2 Å². The molecule has 1 unspecified atom stereocenters. The van der Waals surface area contributed by atoms with Crippen molar-refractivity contribution in [3.8, 4) is 0 Å². The fraction of sp³-hybridized carbons (Fsp3) is 0.125. The maximum absolute atomic E-state index is 12.8. The van der Waals surface area contributed by atoms with Crippen molar-refractivity contribution in [2.45, 2.75) is 6.10 Å². The summed E-state index contributed by atoms with van der Waals surface area (Å²) >= 11 is 0. The molecule has 3 nitrogen and oxygen atoms in total. The number of carboxylic acid groups (broad SMARTS) is 1. The molecule has 12 heavy (non-hydrogen) atoms. The van der Waals surface area contributed by atoms with Gasteiger partial charge in [0.05, 0.1) is 0 Å². The van der Waals surface area contributed by atoms with Crippen molar-refractivity contribution < 1.29 is 19.4 Å². The van der Waals surface area contributed by atoms with Gasteiger partial charge in [-0.15, -0.1) is 0 Å². The van der Waals surface area contributed by atoms with Gasteiger partial charge in [-0.25, -0.2) is 9.18 Å². The van der Waals surface area contributed by atoms with Crippen LogP contribution >= 0.6 is 0 Å². The molecule has 0 bridgehead atoms. The van der Waals surface area contributed by atoms with Gasteiger partial charge in [0.15, 0.2) is 6.10 Å². The third kappa shape index (κ3) is 1.60. The maximum Gasteiger partial charge on any atom is 0.337 e. The van der Waals surface area contributed by atoms with E-state index in [4.69, 9.17) is 10.2 Å². The van der Waals surface area contributed by atoms with Gasteiger partial charge in [-0.3, -0.25) is 0 Å². The molecule has 0 spiro atoms. The van der Waals surface area contributed by atoms with E-state index in [9.17, 15) is 9.18 Å². The molecule has 0 aliphatic heterocycles. The molecule has 0 fully saturated rings. The molecule has 0 amide bonds. The van der Waals surface area contributed by atoms with E-state index in [-0.39, 0.29) is 5.56 Å². The lowest BCUT2D eigenvalue weighted by atomic mass is 10.1. The van der Waals surface area contributed by atoms with Crippen LogP contribution in [0.3, 0.4) is 0 Å². The van der Waals surface area contributed by atoms with Crippen LogP contribution in [-0.2, 0) is 4.79 Å². The van der Waals surface area contributed by atoms with Crippen molar-refractivity contribution in [3.05, 3.63) is 35.6 Å². The minimum absolute atomic E-state index is 0.218. The van der Waals surface area contributed by atoms with Crippen LogP contribution in [0.2, 0.25) is 0 Å². The molecule has 4 heteroatoms. The number of hydrogen-bond donors (Lipinski definition) is 2. The van der Waals surface area contributed by atoms with Crippen molar-refractivity contribution in [2.24, 2.45) is 0 Å². The van der Waals surface area contributed by atoms with E-state index in [2.05, 4.69) is 0 Å². The number of halogens is 1. The molecule has 0 heterocycles. The van der Waals surface area contributed by atoms with Gasteiger partial charge in [0.1, 0.15) is 5.82 Å². The Morgan fingerprint density at radius 2 is 2.00 bits per heavy atom. The zero-order chi connectivity index (χ0) is 9.14. The number of carboxylic acids is 1. The number of carbonyl (C=O) groups is 1. The van der Waals surface area contributed by atoms with Gasteiger partial charge in [-0.2, -0.15) is 0 Å². The van der Waals surface area contributed by atoms with E-state index in [0.29, 0.717) is 0 Å². The second-order valence-electron chi connectivity index (χ2n) is 2.26. The molecule has 0 radical (unpaired) electrons. The number of aliphatic hydroxyl groups excluding tert-OH is 1. The first-order chi connectivity index (χ1) is 5.63. The molecule has 2 N–H and O–H groups in total. The van der Waals surface area contributed by atoms with Crippen LogP contribution in [0.4, 0.5) is 4.39 Å². The molecule has 0 aliphatic carbocycles. The highest BCUT2D eigenvalue weighted by Crippen LogP contribution is 2.15. The standard InChI is InChI=1S/C8H7FO3/c9-6-4-2-1-3-5(6)7(10)8(11)12/h1-4,7,10H,(H,11,12). The molecule has 0 aliphatic rings. The Morgan fingerprint density at radius 1 is 1.42 bits per heavy atom. The average Bonchev–Trinajstić information content (AvgIpc) is 2.04. The number of aliphatic carboxylic acids is 1. The van der Waals surface area contributed by atoms with E-state index in [1.54, 1.807) is 0 Å². The zero-order valence-corrected chi connectivity index (χ0v) is 6.07. The normalized spacial score (nSPS) is 12.5. The third-order valence-electron chi connectivity index (χ3n) is 1.43. The lowest BCUT2D eigenvalue weighted by Gasteiger charge is -2.05. The van der Waals surface area contributed by atoms with E-state index >= 15 is 0 Å². The van der Waals surface area contributed by atoms with Gasteiger partial charge in [-0.05, 0) is 6.07 Å². The third-order valence-corrected chi connectivity index (χ3v) is 1.43. The van der Waals surface area contributed by atoms with Gasteiger partial charge < -0.3 is 10.2 Å². The largest absolute Gasteiger partial charge is 0.479 e. The molecular formula is C8H7FO3. The number of benzene rings is 1. The molecule has 0 aromatic heterocycles. The van der Waals surface area contributed by atoms with E-state index in [1.165, 1.54) is 18.2 Å². The lowest BCUT2D eigenvalue weighted by Crippen LogP contribution is -2.11. The van der Waals surface area contributed by atoms with E-state index in [0.717, 1.165) is 6.07 Å². The van der Waals surface area contributed by atoms with Gasteiger partial charge in [0.25, 0.3) is 0 Å². The smallest absolute Gasteiger partial charge is 0.337 e. The molecule has 0 saturated heterocycles. The topological polar surface area (TPSA) is 57.5 Å². The summed E-state index contributed by atoms with van der Waals surface area (Å²) in [5.41, 5.74) is -0.218. The van der Waals surface area contributed by atoms with Crippen molar-refractivity contribution in [2.75, 3.05) is 0 Å². The van der Waals surface area contributed by atoms with Crippen LogP contribution in [0.1, 0.15) is 11.7 Å². The Balaban J connectivity index is 3.02. The highest BCUT2D eigenvalue weighted by atomic mass is 19.1. The van der Waals surface area contributed by atoms with Crippen molar-refractivity contribution in [1.82, 2.24) is 0 Å². The Kier molecular flexibility index (Phi) is 2.40. The fourth-order valence-corrected chi connectivity index (χ4v) is 0.830. The fourth-order valence-electron chi connectivity index (χ4n) is 0.830. The Hall–Kier alpha value is -1.42. The summed E-state index contributed by atoms with van der Waals surface area (Å²) in [7, 11) is 0. The molecule has 1 aromatic carbocycles. The first kappa shape index (κ1) is 8.67. The SMILES string of the molecule is O=C(O)C(O)c1ccccc1F. The summed E-state index contributed by atoms with van der Waals surface area (Å²) in [4.78, 5) is 10.2. The van der Waals surface area contributed by atoms with Crippen molar-refractivity contribution in [3.63, 3.8) is 0 Å². The molecule has 64 valence electrons. The van der Waals surface area contributed by atoms with Crippen LogP contribution < -0.4 is 0 Å². The number of rotatable bonds is 2. The predicted octanol–water partition coefficient (Wildman–Crippen LogP) is 0.944. The van der Waals surface area contributed by atoms with Gasteiger partial charge in [0.2, 0.25) is 0 Å². The van der Waals surface area contributed by atoms with Crippen LogP contribution in [0, 0.1) is 5.82 Å². The molecular weight excluding hydrogens is 163 g/mol. The van der Waals surface area contributed by atoms with Gasteiger partial charge in [0, 0.05) is 5.56 Å². The molecule has 1 aromatic rings. The van der Waals surface area contributed by atoms with Crippen LogP contribution in [0.5, 0.6) is 0 Å². The Bertz CT molecular complexity index is 298. The lowest BCUT2D eigenvalue weighted by molar-refractivity contribution is -0.147. The predicted molar refractivity (Wildman–Crippen MR) is 39.0 cm³/mol. The maximum atomic E-state index is 12.8. The highest BCUT2D eigenvalue weighted by Gasteiger charge is 2.18. The summed E-state index contributed by atoms with van der Waals surface area (Å²) in [6.07, 6.45) is -1.79. The summed E-state index contributed by atoms with van der Waals surface area (Å²) in [5.74, 6) is -2.17. The molecule has 1 atom stereocenters. The summed E-state index contributed by atoms with van der Waals surface area (Å²) in [6, 6.07) is 5.22. The van der Waals surface area contributed by atoms with Crippen LogP contribution in [0.25, 0.3) is 0 Å². The van der Waals surface area contributed by atoms with Crippen molar-refractivity contribution in [1.29, 1.82) is 0 Å². The minimum atomic E-state index is -1.79. The van der Waals surface area contributed by atoms with Crippen LogP contribution in [0.15, 0.2) is 24.3 Å². The zero-order valence-electron chi connectivity index (χ0n) is 6.07. The van der Waals surface area contributed by atoms with Crippen molar-refractivity contribution >= 4 is 5.97 Å².